The molecule has 0 bridgehead atoms. The quantitative estimate of drug-likeness (QED) is 0.242. The maximum absolute atomic E-state index is 13.2. The molecule has 30 heavy (non-hydrogen) atoms. The minimum absolute atomic E-state index is 0.120. The predicted molar refractivity (Wildman–Crippen MR) is 111 cm³/mol. The highest BCUT2D eigenvalue weighted by molar-refractivity contribution is 7.80. The number of pyridine rings is 1. The van der Waals surface area contributed by atoms with Crippen molar-refractivity contribution in [2.24, 2.45) is 0 Å². The second-order valence-corrected chi connectivity index (χ2v) is 7.33. The number of hydrogen-bond donors (Lipinski definition) is 4. The summed E-state index contributed by atoms with van der Waals surface area (Å²) >= 11 is 8.17. The van der Waals surface area contributed by atoms with Crippen LogP contribution in [0, 0.1) is 0 Å². The van der Waals surface area contributed by atoms with Crippen LogP contribution in [0.1, 0.15) is 22.5 Å². The molecule has 0 unspecified atom stereocenters. The zero-order valence-electron chi connectivity index (χ0n) is 15.7. The van der Waals surface area contributed by atoms with Gasteiger partial charge in [-0.2, -0.15) is 51.6 Å². The van der Waals surface area contributed by atoms with Crippen LogP contribution in [0.25, 0.3) is 11.1 Å². The Hall–Kier alpha value is -1.43. The first kappa shape index (κ1) is 24.8. The molecular formula is C19H21F6N3S2. The fourth-order valence-corrected chi connectivity index (χ4v) is 3.03. The number of halogens is 6. The lowest BCUT2D eigenvalue weighted by atomic mass is 9.98. The number of benzene rings is 1. The summed E-state index contributed by atoms with van der Waals surface area (Å²) in [7, 11) is 0. The van der Waals surface area contributed by atoms with E-state index in [0.29, 0.717) is 49.1 Å². The molecule has 0 atom stereocenters. The van der Waals surface area contributed by atoms with E-state index < -0.39 is 23.5 Å². The Balaban J connectivity index is 2.53. The van der Waals surface area contributed by atoms with Crippen molar-refractivity contribution < 1.29 is 26.3 Å². The second kappa shape index (κ2) is 10.7. The van der Waals surface area contributed by atoms with E-state index >= 15 is 0 Å². The van der Waals surface area contributed by atoms with Gasteiger partial charge >= 0.3 is 12.4 Å². The number of nitrogens with zero attached hydrogens (tertiary/aromatic N) is 1. The summed E-state index contributed by atoms with van der Waals surface area (Å²) in [6.07, 6.45) is -9.81. The Morgan fingerprint density at radius 1 is 0.667 bits per heavy atom. The van der Waals surface area contributed by atoms with Gasteiger partial charge in [0.2, 0.25) is 0 Å². The smallest absolute Gasteiger partial charge is 0.310 e. The fraction of sp³-hybridized carbons (Fsp3) is 0.421. The Labute approximate surface area is 181 Å². The van der Waals surface area contributed by atoms with Crippen molar-refractivity contribution in [3.05, 3.63) is 52.8 Å². The molecule has 1 aromatic heterocycles. The van der Waals surface area contributed by atoms with Gasteiger partial charge in [-0.05, 0) is 41.5 Å². The van der Waals surface area contributed by atoms with Gasteiger partial charge in [0.1, 0.15) is 0 Å². The SMILES string of the molecule is FC(F)(F)c1cc(-c2cc(CNCCS)nc(CNCCS)c2)cc(C(F)(F)F)c1. The molecule has 166 valence electrons. The van der Waals surface area contributed by atoms with Crippen LogP contribution in [0.15, 0.2) is 30.3 Å². The third kappa shape index (κ3) is 7.36. The van der Waals surface area contributed by atoms with Crippen molar-refractivity contribution >= 4 is 25.3 Å². The molecule has 2 rings (SSSR count). The molecule has 0 fully saturated rings. The molecule has 3 nitrogen and oxygen atoms in total. The summed E-state index contributed by atoms with van der Waals surface area (Å²) in [6.45, 7) is 1.76. The lowest BCUT2D eigenvalue weighted by Gasteiger charge is -2.16. The van der Waals surface area contributed by atoms with E-state index in [-0.39, 0.29) is 17.2 Å². The summed E-state index contributed by atoms with van der Waals surface area (Å²) < 4.78 is 79.2. The van der Waals surface area contributed by atoms with Gasteiger partial charge < -0.3 is 10.6 Å². The van der Waals surface area contributed by atoms with E-state index in [9.17, 15) is 26.3 Å². The molecule has 0 saturated carbocycles. The van der Waals surface area contributed by atoms with Crippen molar-refractivity contribution in [2.75, 3.05) is 24.6 Å². The molecular weight excluding hydrogens is 448 g/mol. The summed E-state index contributed by atoms with van der Waals surface area (Å²) in [6, 6.07) is 4.54. The van der Waals surface area contributed by atoms with Crippen molar-refractivity contribution in [3.8, 4) is 11.1 Å². The van der Waals surface area contributed by atoms with E-state index in [1.54, 1.807) is 0 Å². The first-order chi connectivity index (χ1) is 14.0. The number of nitrogens with one attached hydrogen (secondary N) is 2. The van der Waals surface area contributed by atoms with Crippen LogP contribution in [0.4, 0.5) is 26.3 Å². The maximum atomic E-state index is 13.2. The van der Waals surface area contributed by atoms with Gasteiger partial charge in [0.25, 0.3) is 0 Å². The number of rotatable bonds is 9. The van der Waals surface area contributed by atoms with Crippen LogP contribution >= 0.6 is 25.3 Å². The number of hydrogen-bond acceptors (Lipinski definition) is 5. The molecule has 2 N–H and O–H groups in total. The molecule has 11 heteroatoms. The lowest BCUT2D eigenvalue weighted by Crippen LogP contribution is -2.19. The van der Waals surface area contributed by atoms with Crippen molar-refractivity contribution in [2.45, 2.75) is 25.4 Å². The van der Waals surface area contributed by atoms with Crippen LogP contribution in [0.2, 0.25) is 0 Å². The second-order valence-electron chi connectivity index (χ2n) is 6.43. The Bertz CT molecular complexity index is 779. The van der Waals surface area contributed by atoms with E-state index in [0.717, 1.165) is 12.1 Å². The minimum atomic E-state index is -4.91. The molecule has 0 aliphatic rings. The zero-order chi connectivity index (χ0) is 22.4. The van der Waals surface area contributed by atoms with Gasteiger partial charge in [-0.25, -0.2) is 0 Å². The van der Waals surface area contributed by atoms with Gasteiger partial charge in [0, 0.05) is 37.7 Å². The van der Waals surface area contributed by atoms with Crippen LogP contribution < -0.4 is 10.6 Å². The molecule has 0 aliphatic carbocycles. The molecule has 0 amide bonds. The van der Waals surface area contributed by atoms with E-state index in [2.05, 4.69) is 40.9 Å². The van der Waals surface area contributed by atoms with E-state index in [1.165, 1.54) is 12.1 Å². The van der Waals surface area contributed by atoms with Crippen LogP contribution in [0.3, 0.4) is 0 Å². The van der Waals surface area contributed by atoms with Crippen LogP contribution in [-0.2, 0) is 25.4 Å². The summed E-state index contributed by atoms with van der Waals surface area (Å²) in [4.78, 5) is 4.43. The highest BCUT2D eigenvalue weighted by atomic mass is 32.1. The van der Waals surface area contributed by atoms with Crippen LogP contribution in [0.5, 0.6) is 0 Å². The lowest BCUT2D eigenvalue weighted by molar-refractivity contribution is -0.143. The number of alkyl halides is 6. The highest BCUT2D eigenvalue weighted by Gasteiger charge is 2.37. The maximum Gasteiger partial charge on any atom is 0.416 e. The van der Waals surface area contributed by atoms with E-state index in [4.69, 9.17) is 0 Å². The van der Waals surface area contributed by atoms with Gasteiger partial charge in [0.05, 0.1) is 22.5 Å². The summed E-state index contributed by atoms with van der Waals surface area (Å²) in [5.41, 5.74) is -1.65. The molecule has 0 radical (unpaired) electrons. The molecule has 1 heterocycles. The average Bonchev–Trinajstić information content (AvgIpc) is 2.66. The zero-order valence-corrected chi connectivity index (χ0v) is 17.5. The molecule has 0 spiro atoms. The van der Waals surface area contributed by atoms with E-state index in [1.807, 2.05) is 0 Å². The number of aromatic nitrogens is 1. The molecule has 1 aromatic carbocycles. The van der Waals surface area contributed by atoms with Gasteiger partial charge in [-0.15, -0.1) is 0 Å². The van der Waals surface area contributed by atoms with Crippen molar-refractivity contribution in [1.29, 1.82) is 0 Å². The van der Waals surface area contributed by atoms with Crippen LogP contribution in [-0.4, -0.2) is 29.6 Å². The average molecular weight is 470 g/mol. The molecule has 2 aromatic rings. The summed E-state index contributed by atoms with van der Waals surface area (Å²) in [5, 5.41) is 6.13. The monoisotopic (exact) mass is 469 g/mol. The predicted octanol–water partition coefficient (Wildman–Crippen LogP) is 4.83. The van der Waals surface area contributed by atoms with Gasteiger partial charge in [-0.3, -0.25) is 4.98 Å². The topological polar surface area (TPSA) is 37.0 Å². The normalized spacial score (nSPS) is 12.4. The van der Waals surface area contributed by atoms with Crippen molar-refractivity contribution in [1.82, 2.24) is 15.6 Å². The van der Waals surface area contributed by atoms with Crippen molar-refractivity contribution in [3.63, 3.8) is 0 Å². The minimum Gasteiger partial charge on any atom is -0.310 e. The Kier molecular flexibility index (Phi) is 8.89. The largest absolute Gasteiger partial charge is 0.416 e. The molecule has 0 aliphatic heterocycles. The highest BCUT2D eigenvalue weighted by Crippen LogP contribution is 2.38. The van der Waals surface area contributed by atoms with Gasteiger partial charge in [-0.1, -0.05) is 0 Å². The Morgan fingerprint density at radius 2 is 1.07 bits per heavy atom. The molecule has 0 saturated heterocycles. The summed E-state index contributed by atoms with van der Waals surface area (Å²) in [5.74, 6) is 1.14. The standard InChI is InChI=1S/C19H21F6N3S2/c20-18(21,22)14-5-12(6-15(9-14)19(23,24)25)13-7-16(10-26-1-3-29)28-17(8-13)11-27-2-4-30/h5-9,26-27,29-30H,1-4,10-11H2. The fourth-order valence-electron chi connectivity index (χ4n) is 2.71. The number of thiol groups is 2. The van der Waals surface area contributed by atoms with Gasteiger partial charge in [0.15, 0.2) is 0 Å². The first-order valence-electron chi connectivity index (χ1n) is 8.97. The third-order valence-corrected chi connectivity index (χ3v) is 4.49. The third-order valence-electron chi connectivity index (χ3n) is 4.04. The first-order valence-corrected chi connectivity index (χ1v) is 10.2. The Morgan fingerprint density at radius 3 is 1.43 bits per heavy atom.